The van der Waals surface area contributed by atoms with Gasteiger partial charge in [-0.1, -0.05) is 6.92 Å². The Balaban J connectivity index is 2.58. The Morgan fingerprint density at radius 2 is 2.11 bits per heavy atom. The average molecular weight is 261 g/mol. The molecule has 0 spiro atoms. The monoisotopic (exact) mass is 261 g/mol. The number of ether oxygens (including phenoxy) is 1. The Morgan fingerprint density at radius 3 is 2.74 bits per heavy atom. The van der Waals surface area contributed by atoms with E-state index in [9.17, 15) is 0 Å². The molecule has 0 atom stereocenters. The predicted octanol–water partition coefficient (Wildman–Crippen LogP) is 2.08. The zero-order valence-corrected chi connectivity index (χ0v) is 11.7. The largest absolute Gasteiger partial charge is 0.496 e. The van der Waals surface area contributed by atoms with Crippen molar-refractivity contribution in [3.8, 4) is 17.1 Å². The van der Waals surface area contributed by atoms with Crippen LogP contribution in [0.4, 0.5) is 5.69 Å². The molecule has 0 fully saturated rings. The van der Waals surface area contributed by atoms with E-state index >= 15 is 0 Å². The minimum atomic E-state index is -0.161. The van der Waals surface area contributed by atoms with Gasteiger partial charge in [-0.25, -0.2) is 4.68 Å². The van der Waals surface area contributed by atoms with Crippen LogP contribution in [0.1, 0.15) is 27.2 Å². The summed E-state index contributed by atoms with van der Waals surface area (Å²) in [5, 5.41) is 12.0. The molecule has 1 aromatic carbocycles. The van der Waals surface area contributed by atoms with E-state index in [1.54, 1.807) is 13.2 Å². The van der Waals surface area contributed by atoms with E-state index in [-0.39, 0.29) is 5.54 Å². The van der Waals surface area contributed by atoms with Crippen molar-refractivity contribution in [1.29, 1.82) is 0 Å². The summed E-state index contributed by atoms with van der Waals surface area (Å²) in [4.78, 5) is 0. The molecule has 1 aromatic heterocycles. The van der Waals surface area contributed by atoms with Crippen molar-refractivity contribution < 1.29 is 4.74 Å². The van der Waals surface area contributed by atoms with Crippen LogP contribution < -0.4 is 10.5 Å². The van der Waals surface area contributed by atoms with Gasteiger partial charge in [0.15, 0.2) is 5.82 Å². The van der Waals surface area contributed by atoms with E-state index in [0.29, 0.717) is 17.3 Å². The van der Waals surface area contributed by atoms with Gasteiger partial charge >= 0.3 is 0 Å². The van der Waals surface area contributed by atoms with Crippen molar-refractivity contribution in [2.45, 2.75) is 32.7 Å². The lowest BCUT2D eigenvalue weighted by Gasteiger charge is -2.24. The second kappa shape index (κ2) is 4.87. The fourth-order valence-electron chi connectivity index (χ4n) is 1.81. The van der Waals surface area contributed by atoms with Crippen molar-refractivity contribution >= 4 is 5.69 Å². The summed E-state index contributed by atoms with van der Waals surface area (Å²) in [6, 6.07) is 5.46. The molecular formula is C13H19N5O. The van der Waals surface area contributed by atoms with Crippen LogP contribution in [0.15, 0.2) is 18.2 Å². The molecule has 19 heavy (non-hydrogen) atoms. The van der Waals surface area contributed by atoms with Crippen molar-refractivity contribution in [2.24, 2.45) is 0 Å². The van der Waals surface area contributed by atoms with Gasteiger partial charge in [0.1, 0.15) is 5.75 Å². The van der Waals surface area contributed by atoms with E-state index in [1.165, 1.54) is 0 Å². The Morgan fingerprint density at radius 1 is 1.37 bits per heavy atom. The van der Waals surface area contributed by atoms with Crippen LogP contribution >= 0.6 is 0 Å². The normalized spacial score (nSPS) is 11.6. The molecule has 2 N–H and O–H groups in total. The fraction of sp³-hybridized carbons (Fsp3) is 0.462. The number of anilines is 1. The summed E-state index contributed by atoms with van der Waals surface area (Å²) < 4.78 is 7.18. The quantitative estimate of drug-likeness (QED) is 0.852. The van der Waals surface area contributed by atoms with Gasteiger partial charge in [0.2, 0.25) is 0 Å². The van der Waals surface area contributed by atoms with Crippen LogP contribution in [-0.4, -0.2) is 27.3 Å². The van der Waals surface area contributed by atoms with Gasteiger partial charge in [0.25, 0.3) is 0 Å². The lowest BCUT2D eigenvalue weighted by Crippen LogP contribution is -2.27. The predicted molar refractivity (Wildman–Crippen MR) is 73.8 cm³/mol. The van der Waals surface area contributed by atoms with Gasteiger partial charge in [-0.3, -0.25) is 0 Å². The minimum absolute atomic E-state index is 0.161. The molecule has 0 aliphatic carbocycles. The minimum Gasteiger partial charge on any atom is -0.496 e. The molecule has 1 heterocycles. The summed E-state index contributed by atoms with van der Waals surface area (Å²) in [6.45, 7) is 6.29. The van der Waals surface area contributed by atoms with E-state index < -0.39 is 0 Å². The van der Waals surface area contributed by atoms with Crippen molar-refractivity contribution in [3.05, 3.63) is 18.2 Å². The first-order valence-corrected chi connectivity index (χ1v) is 6.22. The van der Waals surface area contributed by atoms with Crippen LogP contribution in [0, 0.1) is 0 Å². The molecule has 0 bridgehead atoms. The van der Waals surface area contributed by atoms with E-state index in [2.05, 4.69) is 36.3 Å². The number of methoxy groups -OCH3 is 1. The van der Waals surface area contributed by atoms with Gasteiger partial charge in [0.05, 0.1) is 18.2 Å². The lowest BCUT2D eigenvalue weighted by atomic mass is 10.0. The number of nitrogens with two attached hydrogens (primary N) is 1. The zero-order valence-electron chi connectivity index (χ0n) is 11.7. The topological polar surface area (TPSA) is 78.9 Å². The van der Waals surface area contributed by atoms with Crippen LogP contribution in [-0.2, 0) is 5.54 Å². The van der Waals surface area contributed by atoms with Gasteiger partial charge < -0.3 is 10.5 Å². The van der Waals surface area contributed by atoms with Crippen molar-refractivity contribution in [3.63, 3.8) is 0 Å². The molecule has 2 rings (SSSR count). The molecule has 6 nitrogen and oxygen atoms in total. The van der Waals surface area contributed by atoms with Gasteiger partial charge in [-0.2, -0.15) is 0 Å². The maximum absolute atomic E-state index is 5.77. The molecular weight excluding hydrogens is 242 g/mol. The molecule has 0 unspecified atom stereocenters. The summed E-state index contributed by atoms with van der Waals surface area (Å²) in [6.07, 6.45) is 0.919. The third-order valence-corrected chi connectivity index (χ3v) is 3.37. The molecule has 0 saturated carbocycles. The fourth-order valence-corrected chi connectivity index (χ4v) is 1.81. The summed E-state index contributed by atoms with van der Waals surface area (Å²) in [5.74, 6) is 1.35. The summed E-state index contributed by atoms with van der Waals surface area (Å²) in [5.41, 5.74) is 7.09. The standard InChI is InChI=1S/C13H19N5O/c1-5-13(2,3)18-12(15-16-17-18)10-7-6-9(14)8-11(10)19-4/h6-8H,5,14H2,1-4H3. The Labute approximate surface area is 112 Å². The van der Waals surface area contributed by atoms with E-state index in [0.717, 1.165) is 12.0 Å². The molecule has 102 valence electrons. The highest BCUT2D eigenvalue weighted by molar-refractivity contribution is 5.67. The SMILES string of the molecule is CCC(C)(C)n1nnnc1-c1ccc(N)cc1OC. The number of nitrogen functional groups attached to an aromatic ring is 1. The summed E-state index contributed by atoms with van der Waals surface area (Å²) >= 11 is 0. The second-order valence-corrected chi connectivity index (χ2v) is 5.04. The summed E-state index contributed by atoms with van der Waals surface area (Å²) in [7, 11) is 1.61. The number of hydrogen-bond acceptors (Lipinski definition) is 5. The van der Waals surface area contributed by atoms with Gasteiger partial charge in [0, 0.05) is 11.8 Å². The van der Waals surface area contributed by atoms with Gasteiger partial charge in [-0.05, 0) is 42.8 Å². The van der Waals surface area contributed by atoms with Crippen LogP contribution in [0.5, 0.6) is 5.75 Å². The Hall–Kier alpha value is -2.11. The van der Waals surface area contributed by atoms with Crippen LogP contribution in [0.25, 0.3) is 11.4 Å². The first kappa shape index (κ1) is 13.3. The Kier molecular flexibility index (Phi) is 3.42. The number of hydrogen-bond donors (Lipinski definition) is 1. The smallest absolute Gasteiger partial charge is 0.186 e. The molecule has 6 heteroatoms. The van der Waals surface area contributed by atoms with E-state index in [1.807, 2.05) is 16.8 Å². The first-order chi connectivity index (χ1) is 8.99. The highest BCUT2D eigenvalue weighted by atomic mass is 16.5. The maximum Gasteiger partial charge on any atom is 0.186 e. The molecule has 2 aromatic rings. The average Bonchev–Trinajstić information content (AvgIpc) is 2.88. The molecule has 0 aliphatic heterocycles. The Bertz CT molecular complexity index is 576. The molecule has 0 saturated heterocycles. The van der Waals surface area contributed by atoms with Crippen LogP contribution in [0.3, 0.4) is 0 Å². The number of tetrazole rings is 1. The number of nitrogens with zero attached hydrogens (tertiary/aromatic N) is 4. The number of aromatic nitrogens is 4. The third kappa shape index (κ3) is 2.38. The molecule has 0 aliphatic rings. The highest BCUT2D eigenvalue weighted by Gasteiger charge is 2.25. The number of benzene rings is 1. The second-order valence-electron chi connectivity index (χ2n) is 5.04. The van der Waals surface area contributed by atoms with Gasteiger partial charge in [-0.15, -0.1) is 5.10 Å². The molecule has 0 radical (unpaired) electrons. The van der Waals surface area contributed by atoms with Crippen molar-refractivity contribution in [2.75, 3.05) is 12.8 Å². The number of rotatable bonds is 4. The maximum atomic E-state index is 5.77. The first-order valence-electron chi connectivity index (χ1n) is 6.22. The zero-order chi connectivity index (χ0) is 14.0. The third-order valence-electron chi connectivity index (χ3n) is 3.37. The lowest BCUT2D eigenvalue weighted by molar-refractivity contribution is 0.304. The van der Waals surface area contributed by atoms with Crippen molar-refractivity contribution in [1.82, 2.24) is 20.2 Å². The highest BCUT2D eigenvalue weighted by Crippen LogP contribution is 2.32. The molecule has 0 amide bonds. The van der Waals surface area contributed by atoms with E-state index in [4.69, 9.17) is 10.5 Å². The van der Waals surface area contributed by atoms with Crippen LogP contribution in [0.2, 0.25) is 0 Å².